The monoisotopic (exact) mass is 188 g/mol. The Kier molecular flexibility index (Phi) is 4.40. The third-order valence-electron chi connectivity index (χ3n) is 1.88. The minimum atomic E-state index is -0.616. The fourth-order valence-electron chi connectivity index (χ4n) is 0.471. The minimum absolute atomic E-state index is 0.253. The molecule has 0 bridgehead atoms. The summed E-state index contributed by atoms with van der Waals surface area (Å²) in [5.41, 5.74) is 6.48. The molecule has 0 aliphatic rings. The third kappa shape index (κ3) is 4.47. The largest absolute Gasteiger partial charge is 0.368 e. The Bertz CT molecular complexity index is 202. The number of rotatable bonds is 5. The molecule has 0 atom stereocenters. The summed E-state index contributed by atoms with van der Waals surface area (Å²) in [4.78, 5) is 26.1. The maximum Gasteiger partial charge on any atom is 0.249 e. The van der Waals surface area contributed by atoms with E-state index in [1.807, 2.05) is 6.92 Å². The number of amides is 2. The molecule has 2 amide bonds. The van der Waals surface area contributed by atoms with Crippen LogP contribution in [0, 0.1) is 5.41 Å². The van der Waals surface area contributed by atoms with Gasteiger partial charge in [-0.05, 0) is 6.42 Å². The van der Waals surface area contributed by atoms with Crippen LogP contribution in [0.1, 0.15) is 27.2 Å². The SMILES string of the molecule is CCC(C)(C)C(=O)NOCC(N)=O. The Morgan fingerprint density at radius 3 is 2.38 bits per heavy atom. The van der Waals surface area contributed by atoms with Crippen LogP contribution in [-0.4, -0.2) is 18.4 Å². The first-order valence-electron chi connectivity index (χ1n) is 4.10. The van der Waals surface area contributed by atoms with Crippen LogP contribution in [0.3, 0.4) is 0 Å². The van der Waals surface area contributed by atoms with E-state index in [2.05, 4.69) is 10.3 Å². The highest BCUT2D eigenvalue weighted by Gasteiger charge is 2.25. The molecule has 0 saturated heterocycles. The number of carbonyl (C=O) groups is 2. The number of carbonyl (C=O) groups excluding carboxylic acids is 2. The summed E-state index contributed by atoms with van der Waals surface area (Å²) in [6.45, 7) is 5.17. The highest BCUT2D eigenvalue weighted by Crippen LogP contribution is 2.18. The van der Waals surface area contributed by atoms with Gasteiger partial charge in [-0.25, -0.2) is 5.48 Å². The molecule has 76 valence electrons. The molecule has 5 nitrogen and oxygen atoms in total. The van der Waals surface area contributed by atoms with Crippen LogP contribution < -0.4 is 11.2 Å². The van der Waals surface area contributed by atoms with E-state index in [-0.39, 0.29) is 12.5 Å². The topological polar surface area (TPSA) is 81.4 Å². The molecule has 0 radical (unpaired) electrons. The van der Waals surface area contributed by atoms with E-state index in [4.69, 9.17) is 5.73 Å². The summed E-state index contributed by atoms with van der Waals surface area (Å²) in [5, 5.41) is 0. The van der Waals surface area contributed by atoms with Gasteiger partial charge in [-0.15, -0.1) is 0 Å². The van der Waals surface area contributed by atoms with Gasteiger partial charge in [-0.3, -0.25) is 14.4 Å². The second kappa shape index (κ2) is 4.81. The molecule has 0 fully saturated rings. The zero-order chi connectivity index (χ0) is 10.5. The van der Waals surface area contributed by atoms with E-state index in [1.54, 1.807) is 13.8 Å². The van der Waals surface area contributed by atoms with Gasteiger partial charge >= 0.3 is 0 Å². The van der Waals surface area contributed by atoms with E-state index in [0.29, 0.717) is 6.42 Å². The number of nitrogens with two attached hydrogens (primary N) is 1. The Balaban J connectivity index is 3.81. The van der Waals surface area contributed by atoms with Gasteiger partial charge < -0.3 is 5.73 Å². The molecule has 0 aromatic carbocycles. The van der Waals surface area contributed by atoms with Gasteiger partial charge in [-0.2, -0.15) is 0 Å². The van der Waals surface area contributed by atoms with E-state index in [0.717, 1.165) is 0 Å². The molecule has 0 heterocycles. The quantitative estimate of drug-likeness (QED) is 0.594. The van der Waals surface area contributed by atoms with Gasteiger partial charge in [0.25, 0.3) is 0 Å². The van der Waals surface area contributed by atoms with Crippen LogP contribution in [-0.2, 0) is 14.4 Å². The molecule has 0 rings (SSSR count). The number of hydroxylamine groups is 1. The van der Waals surface area contributed by atoms with Gasteiger partial charge in [0.1, 0.15) is 0 Å². The normalized spacial score (nSPS) is 11.0. The standard InChI is InChI=1S/C8H16N2O3/c1-4-8(2,3)7(12)10-13-5-6(9)11/h4-5H2,1-3H3,(H2,9,11)(H,10,12). The van der Waals surface area contributed by atoms with Crippen molar-refractivity contribution in [2.24, 2.45) is 11.1 Å². The van der Waals surface area contributed by atoms with Gasteiger partial charge in [0.05, 0.1) is 0 Å². The molecule has 0 aliphatic heterocycles. The molecule has 13 heavy (non-hydrogen) atoms. The summed E-state index contributed by atoms with van der Waals surface area (Å²) in [6.07, 6.45) is 0.693. The second-order valence-electron chi connectivity index (χ2n) is 3.42. The third-order valence-corrected chi connectivity index (χ3v) is 1.88. The predicted octanol–water partition coefficient (Wildman–Crippen LogP) is -0.0443. The zero-order valence-corrected chi connectivity index (χ0v) is 8.22. The molecule has 0 aliphatic carbocycles. The molecular formula is C8H16N2O3. The summed E-state index contributed by atoms with van der Waals surface area (Å²) in [6, 6.07) is 0. The van der Waals surface area contributed by atoms with Gasteiger partial charge in [0.15, 0.2) is 6.61 Å². The molecule has 0 saturated carbocycles. The van der Waals surface area contributed by atoms with Crippen LogP contribution in [0.25, 0.3) is 0 Å². The number of primary amides is 1. The molecule has 0 spiro atoms. The Morgan fingerprint density at radius 2 is 2.00 bits per heavy atom. The fourth-order valence-corrected chi connectivity index (χ4v) is 0.471. The first kappa shape index (κ1) is 11.9. The van der Waals surface area contributed by atoms with Crippen LogP contribution in [0.2, 0.25) is 0 Å². The van der Waals surface area contributed by atoms with Crippen molar-refractivity contribution in [2.45, 2.75) is 27.2 Å². The summed E-state index contributed by atoms with van der Waals surface area (Å²) >= 11 is 0. The lowest BCUT2D eigenvalue weighted by atomic mass is 9.90. The second-order valence-corrected chi connectivity index (χ2v) is 3.42. The average molecular weight is 188 g/mol. The minimum Gasteiger partial charge on any atom is -0.368 e. The highest BCUT2D eigenvalue weighted by atomic mass is 16.7. The summed E-state index contributed by atoms with van der Waals surface area (Å²) < 4.78 is 0. The molecular weight excluding hydrogens is 172 g/mol. The van der Waals surface area contributed by atoms with Crippen molar-refractivity contribution in [1.29, 1.82) is 0 Å². The summed E-state index contributed by atoms with van der Waals surface area (Å²) in [7, 11) is 0. The maximum absolute atomic E-state index is 11.3. The van der Waals surface area contributed by atoms with Crippen LogP contribution >= 0.6 is 0 Å². The molecule has 0 unspecified atom stereocenters. The van der Waals surface area contributed by atoms with E-state index < -0.39 is 11.3 Å². The van der Waals surface area contributed by atoms with Gasteiger partial charge in [0.2, 0.25) is 11.8 Å². The number of hydrogen-bond donors (Lipinski definition) is 2. The first-order chi connectivity index (χ1) is 5.90. The Morgan fingerprint density at radius 1 is 1.46 bits per heavy atom. The predicted molar refractivity (Wildman–Crippen MR) is 47.4 cm³/mol. The zero-order valence-electron chi connectivity index (χ0n) is 8.22. The molecule has 0 aromatic rings. The molecule has 0 aromatic heterocycles. The Hall–Kier alpha value is -1.10. The average Bonchev–Trinajstić information content (AvgIpc) is 2.03. The smallest absolute Gasteiger partial charge is 0.249 e. The maximum atomic E-state index is 11.3. The van der Waals surface area contributed by atoms with Crippen molar-refractivity contribution in [3.05, 3.63) is 0 Å². The van der Waals surface area contributed by atoms with Crippen LogP contribution in [0.15, 0.2) is 0 Å². The Labute approximate surface area is 77.6 Å². The first-order valence-corrected chi connectivity index (χ1v) is 4.10. The van der Waals surface area contributed by atoms with Gasteiger partial charge in [0, 0.05) is 5.41 Å². The lowest BCUT2D eigenvalue weighted by Crippen LogP contribution is -2.38. The van der Waals surface area contributed by atoms with Crippen LogP contribution in [0.4, 0.5) is 0 Å². The number of nitrogens with one attached hydrogen (secondary N) is 1. The lowest BCUT2D eigenvalue weighted by Gasteiger charge is -2.20. The lowest BCUT2D eigenvalue weighted by molar-refractivity contribution is -0.145. The fraction of sp³-hybridized carbons (Fsp3) is 0.750. The van der Waals surface area contributed by atoms with Crippen LogP contribution in [0.5, 0.6) is 0 Å². The van der Waals surface area contributed by atoms with E-state index >= 15 is 0 Å². The van der Waals surface area contributed by atoms with Crippen molar-refractivity contribution in [2.75, 3.05) is 6.61 Å². The highest BCUT2D eigenvalue weighted by molar-refractivity contribution is 5.81. The molecule has 5 heteroatoms. The van der Waals surface area contributed by atoms with Crippen molar-refractivity contribution < 1.29 is 14.4 Å². The van der Waals surface area contributed by atoms with Crippen molar-refractivity contribution in [3.63, 3.8) is 0 Å². The van der Waals surface area contributed by atoms with E-state index in [9.17, 15) is 9.59 Å². The number of hydrogen-bond acceptors (Lipinski definition) is 3. The molecule has 3 N–H and O–H groups in total. The van der Waals surface area contributed by atoms with Crippen molar-refractivity contribution >= 4 is 11.8 Å². The van der Waals surface area contributed by atoms with Crippen molar-refractivity contribution in [3.8, 4) is 0 Å². The van der Waals surface area contributed by atoms with Crippen molar-refractivity contribution in [1.82, 2.24) is 5.48 Å². The van der Waals surface area contributed by atoms with E-state index in [1.165, 1.54) is 0 Å². The van der Waals surface area contributed by atoms with Gasteiger partial charge in [-0.1, -0.05) is 20.8 Å². The summed E-state index contributed by atoms with van der Waals surface area (Å²) in [5.74, 6) is -0.870.